The van der Waals surface area contributed by atoms with Gasteiger partial charge in [-0.05, 0) is 42.0 Å². The number of carbonyl (C=O) groups excluding carboxylic acids is 1. The quantitative estimate of drug-likeness (QED) is 0.490. The predicted molar refractivity (Wildman–Crippen MR) is 118 cm³/mol. The monoisotopic (exact) mass is 453 g/mol. The highest BCUT2D eigenvalue weighted by molar-refractivity contribution is 8.00. The zero-order valence-electron chi connectivity index (χ0n) is 15.6. The van der Waals surface area contributed by atoms with Crippen LogP contribution in [0.1, 0.15) is 5.56 Å². The Morgan fingerprint density at radius 1 is 1.28 bits per heavy atom. The highest BCUT2D eigenvalue weighted by atomic mass is 35.5. The summed E-state index contributed by atoms with van der Waals surface area (Å²) in [5.41, 5.74) is 3.34. The van der Waals surface area contributed by atoms with Crippen LogP contribution in [0.25, 0.3) is 0 Å². The number of ether oxygens (including phenoxy) is 1. The van der Waals surface area contributed by atoms with Gasteiger partial charge in [0.05, 0.1) is 23.2 Å². The maximum atomic E-state index is 12.2. The summed E-state index contributed by atoms with van der Waals surface area (Å²) in [6, 6.07) is 13.7. The number of sulfonamides is 1. The summed E-state index contributed by atoms with van der Waals surface area (Å²) in [5.74, 6) is 2.22. The van der Waals surface area contributed by atoms with Crippen molar-refractivity contribution in [3.05, 3.63) is 59.1 Å². The molecule has 3 rings (SSSR count). The number of hydrazone groups is 1. The molecule has 1 heterocycles. The lowest BCUT2D eigenvalue weighted by Crippen LogP contribution is -2.39. The Kier molecular flexibility index (Phi) is 7.05. The number of amides is 1. The fourth-order valence-electron chi connectivity index (χ4n) is 2.49. The summed E-state index contributed by atoms with van der Waals surface area (Å²) < 4.78 is 30.9. The lowest BCUT2D eigenvalue weighted by molar-refractivity contribution is -0.119. The molecule has 1 amide bonds. The molecule has 0 aromatic heterocycles. The molecule has 1 aliphatic rings. The van der Waals surface area contributed by atoms with Crippen molar-refractivity contribution in [2.75, 3.05) is 28.6 Å². The van der Waals surface area contributed by atoms with Gasteiger partial charge in [-0.3, -0.25) is 9.10 Å². The van der Waals surface area contributed by atoms with Gasteiger partial charge < -0.3 is 4.74 Å². The van der Waals surface area contributed by atoms with Crippen molar-refractivity contribution in [1.82, 2.24) is 5.43 Å². The molecule has 0 spiro atoms. The first-order valence-electron chi connectivity index (χ1n) is 8.71. The van der Waals surface area contributed by atoms with E-state index in [4.69, 9.17) is 16.3 Å². The lowest BCUT2D eigenvalue weighted by atomic mass is 10.2. The van der Waals surface area contributed by atoms with Crippen molar-refractivity contribution in [1.29, 1.82) is 0 Å². The molecule has 2 aromatic carbocycles. The molecule has 1 N–H and O–H groups in total. The van der Waals surface area contributed by atoms with Crippen molar-refractivity contribution >= 4 is 51.2 Å². The molecule has 0 saturated carbocycles. The molecule has 2 aromatic rings. The minimum atomic E-state index is -3.70. The van der Waals surface area contributed by atoms with Crippen molar-refractivity contribution in [2.45, 2.75) is 6.10 Å². The Bertz CT molecular complexity index is 993. The van der Waals surface area contributed by atoms with E-state index in [2.05, 4.69) is 10.5 Å². The van der Waals surface area contributed by atoms with E-state index in [1.165, 1.54) is 12.3 Å². The zero-order valence-corrected chi connectivity index (χ0v) is 18.0. The van der Waals surface area contributed by atoms with Gasteiger partial charge in [0.25, 0.3) is 5.91 Å². The molecule has 1 fully saturated rings. The van der Waals surface area contributed by atoms with E-state index in [-0.39, 0.29) is 16.8 Å². The Labute approximate surface area is 179 Å². The van der Waals surface area contributed by atoms with Crippen molar-refractivity contribution in [3.8, 4) is 5.75 Å². The first-order chi connectivity index (χ1) is 13.8. The van der Waals surface area contributed by atoms with Crippen LogP contribution in [0.3, 0.4) is 0 Å². The minimum Gasteiger partial charge on any atom is -0.489 e. The summed E-state index contributed by atoms with van der Waals surface area (Å²) in [6.07, 6.45) is 2.76. The number of nitrogens with zero attached hydrogens (tertiary/aromatic N) is 2. The van der Waals surface area contributed by atoms with Crippen LogP contribution in [0.5, 0.6) is 5.75 Å². The first kappa shape index (κ1) is 21.5. The fraction of sp³-hybridized carbons (Fsp3) is 0.263. The average Bonchev–Trinajstić information content (AvgIpc) is 2.64. The number of nitrogens with one attached hydrogen (secondary N) is 1. The van der Waals surface area contributed by atoms with Gasteiger partial charge in [-0.15, -0.1) is 0 Å². The average molecular weight is 454 g/mol. The fourth-order valence-corrected chi connectivity index (χ4v) is 4.21. The number of hydrogen-bond acceptors (Lipinski definition) is 6. The Morgan fingerprint density at radius 2 is 1.97 bits per heavy atom. The van der Waals surface area contributed by atoms with E-state index >= 15 is 0 Å². The molecule has 7 nitrogen and oxygen atoms in total. The van der Waals surface area contributed by atoms with Crippen LogP contribution < -0.4 is 14.5 Å². The molecule has 0 radical (unpaired) electrons. The summed E-state index contributed by atoms with van der Waals surface area (Å²) in [7, 11) is -3.70. The summed E-state index contributed by atoms with van der Waals surface area (Å²) in [5, 5.41) is 4.12. The molecule has 0 aliphatic carbocycles. The number of para-hydroxylation sites is 1. The maximum absolute atomic E-state index is 12.2. The molecule has 0 unspecified atom stereocenters. The summed E-state index contributed by atoms with van der Waals surface area (Å²) in [4.78, 5) is 12.2. The van der Waals surface area contributed by atoms with Crippen molar-refractivity contribution < 1.29 is 17.9 Å². The first-order valence-corrected chi connectivity index (χ1v) is 12.1. The number of carbonyl (C=O) groups is 1. The Hall–Kier alpha value is -2.23. The van der Waals surface area contributed by atoms with Gasteiger partial charge in [0.1, 0.15) is 18.4 Å². The molecule has 29 heavy (non-hydrogen) atoms. The standard InChI is InChI=1S/C19H20ClN3O4S2/c1-29(25,26)23(18-5-3-2-4-17(18)20)11-19(24)22-21-10-14-6-8-15(9-7-14)27-16-12-28-13-16/h2-10,16H,11-13H2,1H3,(H,22,24)/b21-10-. The van der Waals surface area contributed by atoms with Gasteiger partial charge in [0.15, 0.2) is 0 Å². The largest absolute Gasteiger partial charge is 0.489 e. The van der Waals surface area contributed by atoms with E-state index < -0.39 is 22.5 Å². The lowest BCUT2D eigenvalue weighted by Gasteiger charge is -2.25. The molecule has 1 aliphatic heterocycles. The van der Waals surface area contributed by atoms with Crippen LogP contribution in [0, 0.1) is 0 Å². The number of hydrogen-bond donors (Lipinski definition) is 1. The summed E-state index contributed by atoms with van der Waals surface area (Å²) >= 11 is 7.92. The second-order valence-corrected chi connectivity index (χ2v) is 9.75. The van der Waals surface area contributed by atoms with Gasteiger partial charge in [0.2, 0.25) is 10.0 Å². The Balaban J connectivity index is 1.58. The topological polar surface area (TPSA) is 88.1 Å². The van der Waals surface area contributed by atoms with Crippen molar-refractivity contribution in [2.24, 2.45) is 5.10 Å². The number of anilines is 1. The van der Waals surface area contributed by atoms with Gasteiger partial charge in [-0.2, -0.15) is 16.9 Å². The van der Waals surface area contributed by atoms with Gasteiger partial charge >= 0.3 is 0 Å². The third-order valence-corrected chi connectivity index (χ3v) is 6.66. The molecule has 0 atom stereocenters. The van der Waals surface area contributed by atoms with E-state index in [0.29, 0.717) is 0 Å². The zero-order chi connectivity index (χ0) is 20.9. The Morgan fingerprint density at radius 3 is 2.55 bits per heavy atom. The molecule has 10 heteroatoms. The van der Waals surface area contributed by atoms with Crippen LogP contribution in [-0.4, -0.2) is 50.9 Å². The molecular weight excluding hydrogens is 434 g/mol. The normalized spacial score (nSPS) is 14.4. The van der Waals surface area contributed by atoms with Crippen LogP contribution >= 0.6 is 23.4 Å². The SMILES string of the molecule is CS(=O)(=O)N(CC(=O)N/N=C\c1ccc(OC2CSC2)cc1)c1ccccc1Cl. The maximum Gasteiger partial charge on any atom is 0.260 e. The van der Waals surface area contributed by atoms with Crippen LogP contribution in [0.2, 0.25) is 5.02 Å². The van der Waals surface area contributed by atoms with Gasteiger partial charge in [-0.1, -0.05) is 23.7 Å². The van der Waals surface area contributed by atoms with Crippen LogP contribution in [0.15, 0.2) is 53.6 Å². The third kappa shape index (κ3) is 6.12. The minimum absolute atomic E-state index is 0.233. The molecule has 154 valence electrons. The van der Waals surface area contributed by atoms with Crippen molar-refractivity contribution in [3.63, 3.8) is 0 Å². The van der Waals surface area contributed by atoms with Crippen LogP contribution in [0.4, 0.5) is 5.69 Å². The number of benzene rings is 2. The molecule has 0 bridgehead atoms. The highest BCUT2D eigenvalue weighted by Crippen LogP contribution is 2.27. The van der Waals surface area contributed by atoms with E-state index in [0.717, 1.165) is 33.4 Å². The number of thioether (sulfide) groups is 1. The molecular formula is C19H20ClN3O4S2. The second-order valence-electron chi connectivity index (χ2n) is 6.36. The van der Waals surface area contributed by atoms with E-state index in [9.17, 15) is 13.2 Å². The van der Waals surface area contributed by atoms with E-state index in [1.54, 1.807) is 18.2 Å². The molecule has 1 saturated heterocycles. The highest BCUT2D eigenvalue weighted by Gasteiger charge is 2.22. The van der Waals surface area contributed by atoms with E-state index in [1.807, 2.05) is 36.0 Å². The van der Waals surface area contributed by atoms with Crippen LogP contribution in [-0.2, 0) is 14.8 Å². The third-order valence-electron chi connectivity index (χ3n) is 4.00. The predicted octanol–water partition coefficient (Wildman–Crippen LogP) is 2.75. The van der Waals surface area contributed by atoms with Gasteiger partial charge in [-0.25, -0.2) is 13.8 Å². The number of rotatable bonds is 8. The number of halogens is 1. The second kappa shape index (κ2) is 9.51. The van der Waals surface area contributed by atoms with Gasteiger partial charge in [0, 0.05) is 11.5 Å². The smallest absolute Gasteiger partial charge is 0.260 e. The summed E-state index contributed by atoms with van der Waals surface area (Å²) in [6.45, 7) is -0.438.